The summed E-state index contributed by atoms with van der Waals surface area (Å²) in [5.41, 5.74) is 1.09. The van der Waals surface area contributed by atoms with Crippen LogP contribution in [0.15, 0.2) is 22.7 Å². The van der Waals surface area contributed by atoms with Crippen molar-refractivity contribution in [2.45, 2.75) is 13.1 Å². The molecule has 4 heteroatoms. The monoisotopic (exact) mass is 322 g/mol. The molecule has 0 saturated carbocycles. The summed E-state index contributed by atoms with van der Waals surface area (Å²) >= 11 is 6.44. The molecule has 76 valence electrons. The molecule has 0 aliphatic heterocycles. The van der Waals surface area contributed by atoms with Crippen LogP contribution < -0.4 is 0 Å². The van der Waals surface area contributed by atoms with Crippen LogP contribution in [0.2, 0.25) is 0 Å². The molecule has 0 fully saturated rings. The molecule has 1 aromatic rings. The van der Waals surface area contributed by atoms with Crippen LogP contribution >= 0.6 is 31.9 Å². The molecule has 0 unspecified atom stereocenters. The Morgan fingerprint density at radius 3 is 2.64 bits per heavy atom. The highest BCUT2D eigenvalue weighted by molar-refractivity contribution is 9.10. The second-order valence-corrected chi connectivity index (χ2v) is 4.55. The second-order valence-electron chi connectivity index (χ2n) is 2.84. The van der Waals surface area contributed by atoms with E-state index in [-0.39, 0.29) is 5.78 Å². The van der Waals surface area contributed by atoms with Gasteiger partial charge < -0.3 is 0 Å². The highest BCUT2D eigenvalue weighted by Crippen LogP contribution is 2.18. The first-order valence-corrected chi connectivity index (χ1v) is 6.03. The van der Waals surface area contributed by atoms with Crippen molar-refractivity contribution in [2.75, 3.05) is 5.33 Å². The average Bonchev–Trinajstić information content (AvgIpc) is 2.17. The van der Waals surface area contributed by atoms with E-state index < -0.39 is 6.67 Å². The number of ketones is 1. The van der Waals surface area contributed by atoms with Crippen molar-refractivity contribution in [1.82, 2.24) is 0 Å². The predicted molar refractivity (Wildman–Crippen MR) is 61.7 cm³/mol. The number of carbonyl (C=O) groups excluding carboxylic acids is 1. The first kappa shape index (κ1) is 11.9. The molecule has 0 N–H and O–H groups in total. The molecule has 1 aromatic carbocycles. The lowest BCUT2D eigenvalue weighted by atomic mass is 10.1. The largest absolute Gasteiger partial charge is 0.294 e. The summed E-state index contributed by atoms with van der Waals surface area (Å²) in [6.45, 7) is -0.548. The zero-order chi connectivity index (χ0) is 10.6. The SMILES string of the molecule is O=C(CCBr)c1cc(Br)cc(CF)c1. The van der Waals surface area contributed by atoms with Crippen molar-refractivity contribution in [3.05, 3.63) is 33.8 Å². The van der Waals surface area contributed by atoms with E-state index in [1.807, 2.05) is 0 Å². The van der Waals surface area contributed by atoms with Gasteiger partial charge in [0, 0.05) is 21.8 Å². The summed E-state index contributed by atoms with van der Waals surface area (Å²) < 4.78 is 13.1. The normalized spacial score (nSPS) is 10.2. The van der Waals surface area contributed by atoms with E-state index in [4.69, 9.17) is 0 Å². The van der Waals surface area contributed by atoms with Gasteiger partial charge in [-0.3, -0.25) is 4.79 Å². The van der Waals surface area contributed by atoms with Gasteiger partial charge in [-0.25, -0.2) is 4.39 Å². The molecular formula is C10H9Br2FO. The van der Waals surface area contributed by atoms with E-state index in [0.29, 0.717) is 22.9 Å². The zero-order valence-electron chi connectivity index (χ0n) is 7.40. The average molecular weight is 324 g/mol. The lowest BCUT2D eigenvalue weighted by Gasteiger charge is -2.02. The van der Waals surface area contributed by atoms with Crippen molar-refractivity contribution >= 4 is 37.6 Å². The summed E-state index contributed by atoms with van der Waals surface area (Å²) in [5, 5.41) is 0.628. The van der Waals surface area contributed by atoms with Crippen molar-refractivity contribution in [3.8, 4) is 0 Å². The summed E-state index contributed by atoms with van der Waals surface area (Å²) in [5.74, 6) is 0.0258. The van der Waals surface area contributed by atoms with Gasteiger partial charge in [0.05, 0.1) is 0 Å². The maximum Gasteiger partial charge on any atom is 0.163 e. The Balaban J connectivity index is 2.96. The number of Topliss-reactive ketones (excluding diaryl/α,β-unsaturated/α-hetero) is 1. The van der Waals surface area contributed by atoms with Gasteiger partial charge >= 0.3 is 0 Å². The van der Waals surface area contributed by atoms with Gasteiger partial charge in [0.15, 0.2) is 5.78 Å². The van der Waals surface area contributed by atoms with Crippen LogP contribution in [0.5, 0.6) is 0 Å². The van der Waals surface area contributed by atoms with Gasteiger partial charge in [-0.05, 0) is 23.8 Å². The van der Waals surface area contributed by atoms with Gasteiger partial charge in [0.2, 0.25) is 0 Å². The lowest BCUT2D eigenvalue weighted by molar-refractivity contribution is 0.0989. The van der Waals surface area contributed by atoms with Crippen LogP contribution in [0.25, 0.3) is 0 Å². The van der Waals surface area contributed by atoms with E-state index in [9.17, 15) is 9.18 Å². The summed E-state index contributed by atoms with van der Waals surface area (Å²) in [7, 11) is 0. The van der Waals surface area contributed by atoms with Crippen molar-refractivity contribution in [3.63, 3.8) is 0 Å². The van der Waals surface area contributed by atoms with Crippen LogP contribution in [-0.2, 0) is 6.67 Å². The van der Waals surface area contributed by atoms with Crippen LogP contribution in [0.4, 0.5) is 4.39 Å². The van der Waals surface area contributed by atoms with Crippen LogP contribution in [0.1, 0.15) is 22.3 Å². The predicted octanol–water partition coefficient (Wildman–Crippen LogP) is 3.89. The first-order valence-electron chi connectivity index (χ1n) is 4.12. The molecule has 0 aromatic heterocycles. The topological polar surface area (TPSA) is 17.1 Å². The molecule has 14 heavy (non-hydrogen) atoms. The Kier molecular flexibility index (Phi) is 4.75. The third kappa shape index (κ3) is 3.17. The standard InChI is InChI=1S/C10H9Br2FO/c11-2-1-10(14)8-3-7(6-13)4-9(12)5-8/h3-5H,1-2,6H2. The van der Waals surface area contributed by atoms with Crippen LogP contribution in [0, 0.1) is 0 Å². The number of carbonyl (C=O) groups is 1. The van der Waals surface area contributed by atoms with E-state index in [1.54, 1.807) is 18.2 Å². The minimum absolute atomic E-state index is 0.0258. The number of rotatable bonds is 4. The van der Waals surface area contributed by atoms with E-state index in [1.165, 1.54) is 0 Å². The minimum atomic E-state index is -0.548. The second kappa shape index (κ2) is 5.61. The fourth-order valence-corrected chi connectivity index (χ4v) is 2.02. The molecule has 0 aliphatic rings. The molecule has 0 atom stereocenters. The molecule has 0 amide bonds. The molecule has 0 heterocycles. The molecule has 0 saturated heterocycles. The molecule has 0 bridgehead atoms. The maximum absolute atomic E-state index is 12.4. The summed E-state index contributed by atoms with van der Waals surface area (Å²) in [4.78, 5) is 11.5. The minimum Gasteiger partial charge on any atom is -0.294 e. The molecule has 0 radical (unpaired) electrons. The van der Waals surface area contributed by atoms with Gasteiger partial charge in [0.1, 0.15) is 6.67 Å². The summed E-state index contributed by atoms with van der Waals surface area (Å²) in [6.07, 6.45) is 0.433. The van der Waals surface area contributed by atoms with Gasteiger partial charge in [-0.2, -0.15) is 0 Å². The number of hydrogen-bond donors (Lipinski definition) is 0. The molecular weight excluding hydrogens is 315 g/mol. The Labute approximate surface area is 99.0 Å². The number of alkyl halides is 2. The smallest absolute Gasteiger partial charge is 0.163 e. The van der Waals surface area contributed by atoms with E-state index in [0.717, 1.165) is 4.47 Å². The number of hydrogen-bond acceptors (Lipinski definition) is 1. The number of halogens is 3. The van der Waals surface area contributed by atoms with E-state index in [2.05, 4.69) is 31.9 Å². The third-order valence-corrected chi connectivity index (χ3v) is 2.61. The van der Waals surface area contributed by atoms with Crippen molar-refractivity contribution < 1.29 is 9.18 Å². The maximum atomic E-state index is 12.4. The van der Waals surface area contributed by atoms with Crippen LogP contribution in [0.3, 0.4) is 0 Å². The fraction of sp³-hybridized carbons (Fsp3) is 0.300. The van der Waals surface area contributed by atoms with Gasteiger partial charge in [0.25, 0.3) is 0 Å². The molecule has 1 nitrogen and oxygen atoms in total. The van der Waals surface area contributed by atoms with E-state index >= 15 is 0 Å². The van der Waals surface area contributed by atoms with Crippen molar-refractivity contribution in [2.24, 2.45) is 0 Å². The van der Waals surface area contributed by atoms with Crippen LogP contribution in [-0.4, -0.2) is 11.1 Å². The number of benzene rings is 1. The Hall–Kier alpha value is -0.220. The first-order chi connectivity index (χ1) is 6.67. The van der Waals surface area contributed by atoms with Gasteiger partial charge in [-0.1, -0.05) is 31.9 Å². The summed E-state index contributed by atoms with van der Waals surface area (Å²) in [6, 6.07) is 4.98. The highest BCUT2D eigenvalue weighted by Gasteiger charge is 2.07. The lowest BCUT2D eigenvalue weighted by Crippen LogP contribution is -2.00. The van der Waals surface area contributed by atoms with Crippen molar-refractivity contribution in [1.29, 1.82) is 0 Å². The fourth-order valence-electron chi connectivity index (χ4n) is 1.12. The third-order valence-electron chi connectivity index (χ3n) is 1.76. The molecule has 0 spiro atoms. The quantitative estimate of drug-likeness (QED) is 0.607. The zero-order valence-corrected chi connectivity index (χ0v) is 10.6. The molecule has 0 aliphatic carbocycles. The molecule has 1 rings (SSSR count). The van der Waals surface area contributed by atoms with Gasteiger partial charge in [-0.15, -0.1) is 0 Å². The Bertz CT molecular complexity index is 339. The highest BCUT2D eigenvalue weighted by atomic mass is 79.9. The Morgan fingerprint density at radius 1 is 1.36 bits per heavy atom. The Morgan fingerprint density at radius 2 is 2.07 bits per heavy atom.